The summed E-state index contributed by atoms with van der Waals surface area (Å²) in [6, 6.07) is 10.8. The van der Waals surface area contributed by atoms with E-state index >= 15 is 0 Å². The summed E-state index contributed by atoms with van der Waals surface area (Å²) in [7, 11) is 3.23. The molecule has 0 radical (unpaired) electrons. The lowest BCUT2D eigenvalue weighted by atomic mass is 10.1. The second kappa shape index (κ2) is 12.5. The summed E-state index contributed by atoms with van der Waals surface area (Å²) in [5.41, 5.74) is 0.928. The topological polar surface area (TPSA) is 122 Å². The molecule has 2 amide bonds. The van der Waals surface area contributed by atoms with Gasteiger partial charge in [0.25, 0.3) is 0 Å². The number of rotatable bonds is 12. The number of ketones is 1. The molecule has 1 aromatic heterocycles. The molecule has 1 N–H and O–H groups in total. The number of urea groups is 1. The van der Waals surface area contributed by atoms with Gasteiger partial charge < -0.3 is 24.4 Å². The molecule has 1 aliphatic carbocycles. The molecule has 2 heterocycles. The van der Waals surface area contributed by atoms with Crippen LogP contribution in [0.25, 0.3) is 11.3 Å². The van der Waals surface area contributed by atoms with E-state index in [4.69, 9.17) is 9.47 Å². The minimum absolute atomic E-state index is 0.0864. The first-order valence-corrected chi connectivity index (χ1v) is 13.7. The van der Waals surface area contributed by atoms with E-state index in [1.807, 2.05) is 42.5 Å². The fourth-order valence-electron chi connectivity index (χ4n) is 5.07. The molecule has 1 saturated heterocycles. The Morgan fingerprint density at radius 2 is 1.95 bits per heavy atom. The Labute approximate surface area is 235 Å². The van der Waals surface area contributed by atoms with Gasteiger partial charge in [0.2, 0.25) is 5.88 Å². The molecule has 2 fully saturated rings. The Hall–Kier alpha value is -3.95. The first kappa shape index (κ1) is 29.0. The minimum atomic E-state index is -0.741. The lowest BCUT2D eigenvalue weighted by Gasteiger charge is -2.28. The molecule has 1 saturated carbocycles. The lowest BCUT2D eigenvalue weighted by molar-refractivity contribution is -0.143. The standard InChI is InChI=1S/C30H38N4O6/c1-20(35)25-16-23(40-26-17-24(31-28(32-26)39-4)21-12-8-7-9-13-21)19-34(25)29(38)33(3)15-11-6-5-10-14-22-18-30(22,2)27(36)37/h7-10,12-14,17,22-23,25H,5-6,11,15-16,18-19H2,1-4H3,(H,36,37)/b14-10-/t22-,23-,25+,30+/m1/s1. The van der Waals surface area contributed by atoms with E-state index in [0.717, 1.165) is 24.8 Å². The molecular formula is C30H38N4O6. The summed E-state index contributed by atoms with van der Waals surface area (Å²) < 4.78 is 11.4. The van der Waals surface area contributed by atoms with Crippen molar-refractivity contribution in [2.45, 2.75) is 58.1 Å². The molecule has 10 heteroatoms. The van der Waals surface area contributed by atoms with E-state index < -0.39 is 23.5 Å². The van der Waals surface area contributed by atoms with Gasteiger partial charge in [0.05, 0.1) is 30.8 Å². The van der Waals surface area contributed by atoms with E-state index in [-0.39, 0.29) is 30.3 Å². The fraction of sp³-hybridized carbons (Fsp3) is 0.500. The van der Waals surface area contributed by atoms with Gasteiger partial charge in [0.15, 0.2) is 5.78 Å². The monoisotopic (exact) mass is 550 g/mol. The highest BCUT2D eigenvalue weighted by Crippen LogP contribution is 2.53. The Morgan fingerprint density at radius 1 is 1.20 bits per heavy atom. The van der Waals surface area contributed by atoms with Crippen LogP contribution >= 0.6 is 0 Å². The van der Waals surface area contributed by atoms with Gasteiger partial charge >= 0.3 is 18.0 Å². The lowest BCUT2D eigenvalue weighted by Crippen LogP contribution is -2.46. The van der Waals surface area contributed by atoms with Crippen LogP contribution in [-0.2, 0) is 9.59 Å². The number of ether oxygens (including phenoxy) is 2. The molecule has 2 aliphatic rings. The predicted molar refractivity (Wildman–Crippen MR) is 149 cm³/mol. The van der Waals surface area contributed by atoms with E-state index in [9.17, 15) is 19.5 Å². The van der Waals surface area contributed by atoms with Crippen molar-refractivity contribution in [1.82, 2.24) is 19.8 Å². The third-order valence-electron chi connectivity index (χ3n) is 7.80. The summed E-state index contributed by atoms with van der Waals surface area (Å²) in [4.78, 5) is 48.9. The fourth-order valence-corrected chi connectivity index (χ4v) is 5.07. The Bertz CT molecular complexity index is 1250. The van der Waals surface area contributed by atoms with Crippen LogP contribution in [0.5, 0.6) is 11.9 Å². The van der Waals surface area contributed by atoms with Gasteiger partial charge in [0, 0.05) is 31.6 Å². The van der Waals surface area contributed by atoms with Crippen LogP contribution in [0.3, 0.4) is 0 Å². The van der Waals surface area contributed by atoms with E-state index in [2.05, 4.69) is 9.97 Å². The molecule has 4 rings (SSSR count). The zero-order valence-corrected chi connectivity index (χ0v) is 23.6. The minimum Gasteiger partial charge on any atom is -0.481 e. The third-order valence-corrected chi connectivity index (χ3v) is 7.80. The molecule has 4 atom stereocenters. The van der Waals surface area contributed by atoms with Gasteiger partial charge in [-0.1, -0.05) is 42.5 Å². The van der Waals surface area contributed by atoms with Crippen LogP contribution in [0.4, 0.5) is 4.79 Å². The number of unbranched alkanes of at least 4 members (excludes halogenated alkanes) is 2. The number of likely N-dealkylation sites (tertiary alicyclic amines) is 1. The number of nitrogens with zero attached hydrogens (tertiary/aromatic N) is 4. The van der Waals surface area contributed by atoms with Crippen molar-refractivity contribution in [1.29, 1.82) is 0 Å². The normalized spacial score (nSPS) is 23.7. The van der Waals surface area contributed by atoms with E-state index in [1.165, 1.54) is 14.0 Å². The van der Waals surface area contributed by atoms with Gasteiger partial charge in [0.1, 0.15) is 6.10 Å². The number of amides is 2. The number of carbonyl (C=O) groups excluding carboxylic acids is 2. The van der Waals surface area contributed by atoms with Gasteiger partial charge in [-0.25, -0.2) is 4.79 Å². The number of benzene rings is 1. The van der Waals surface area contributed by atoms with Crippen molar-refractivity contribution in [3.8, 4) is 23.1 Å². The molecule has 40 heavy (non-hydrogen) atoms. The number of carbonyl (C=O) groups is 3. The van der Waals surface area contributed by atoms with Crippen LogP contribution in [0.15, 0.2) is 48.6 Å². The third kappa shape index (κ3) is 6.78. The molecular weight excluding hydrogens is 512 g/mol. The SMILES string of the molecule is COc1nc(O[C@@H]2C[C@@H](C(C)=O)N(C(=O)N(C)CCCC/C=C\[C@@H]3C[C@]3(C)C(=O)O)C2)cc(-c2ccccc2)n1. The zero-order chi connectivity index (χ0) is 28.9. The van der Waals surface area contributed by atoms with Crippen LogP contribution in [0, 0.1) is 11.3 Å². The second-order valence-corrected chi connectivity index (χ2v) is 10.9. The Balaban J connectivity index is 1.31. The maximum Gasteiger partial charge on any atom is 0.320 e. The van der Waals surface area contributed by atoms with Crippen molar-refractivity contribution in [3.05, 3.63) is 48.6 Å². The molecule has 0 bridgehead atoms. The number of aliphatic carboxylic acids is 1. The smallest absolute Gasteiger partial charge is 0.320 e. The maximum absolute atomic E-state index is 13.3. The highest BCUT2D eigenvalue weighted by atomic mass is 16.5. The number of aromatic nitrogens is 2. The van der Waals surface area contributed by atoms with Gasteiger partial charge in [-0.2, -0.15) is 9.97 Å². The largest absolute Gasteiger partial charge is 0.481 e. The van der Waals surface area contributed by atoms with Crippen molar-refractivity contribution in [3.63, 3.8) is 0 Å². The van der Waals surface area contributed by atoms with Crippen molar-refractivity contribution in [2.24, 2.45) is 11.3 Å². The molecule has 1 aromatic carbocycles. The van der Waals surface area contributed by atoms with E-state index in [0.29, 0.717) is 31.0 Å². The molecule has 1 aliphatic heterocycles. The number of Topliss-reactive ketones (excluding diaryl/α,β-unsaturated/α-hetero) is 1. The van der Waals surface area contributed by atoms with Crippen LogP contribution < -0.4 is 9.47 Å². The van der Waals surface area contributed by atoms with Gasteiger partial charge in [-0.05, 0) is 45.4 Å². The summed E-state index contributed by atoms with van der Waals surface area (Å²) in [5.74, 6) is -0.397. The van der Waals surface area contributed by atoms with Gasteiger partial charge in [-0.15, -0.1) is 0 Å². The Morgan fingerprint density at radius 3 is 2.60 bits per heavy atom. The second-order valence-electron chi connectivity index (χ2n) is 10.9. The Kier molecular flexibility index (Phi) is 9.07. The summed E-state index contributed by atoms with van der Waals surface area (Å²) in [6.07, 6.45) is 7.22. The zero-order valence-electron chi connectivity index (χ0n) is 23.6. The van der Waals surface area contributed by atoms with Crippen molar-refractivity contribution < 1.29 is 29.0 Å². The molecule has 2 aromatic rings. The molecule has 214 valence electrons. The molecule has 0 spiro atoms. The van der Waals surface area contributed by atoms with Crippen LogP contribution in [0.1, 0.15) is 46.0 Å². The molecule has 10 nitrogen and oxygen atoms in total. The number of carboxylic acid groups (broad SMARTS) is 1. The van der Waals surface area contributed by atoms with Crippen molar-refractivity contribution >= 4 is 17.8 Å². The quantitative estimate of drug-likeness (QED) is 0.304. The molecule has 0 unspecified atom stereocenters. The average molecular weight is 551 g/mol. The summed E-state index contributed by atoms with van der Waals surface area (Å²) >= 11 is 0. The number of hydrogen-bond acceptors (Lipinski definition) is 7. The van der Waals surface area contributed by atoms with Crippen LogP contribution in [0.2, 0.25) is 0 Å². The first-order chi connectivity index (χ1) is 19.1. The summed E-state index contributed by atoms with van der Waals surface area (Å²) in [6.45, 7) is 4.10. The number of allylic oxidation sites excluding steroid dienone is 2. The maximum atomic E-state index is 13.3. The number of methoxy groups -OCH3 is 1. The summed E-state index contributed by atoms with van der Waals surface area (Å²) in [5, 5.41) is 9.23. The van der Waals surface area contributed by atoms with Crippen molar-refractivity contribution in [2.75, 3.05) is 27.2 Å². The predicted octanol–water partition coefficient (Wildman–Crippen LogP) is 4.45. The highest BCUT2D eigenvalue weighted by Gasteiger charge is 2.54. The highest BCUT2D eigenvalue weighted by molar-refractivity contribution is 5.87. The number of hydrogen-bond donors (Lipinski definition) is 1. The van der Waals surface area contributed by atoms with Crippen LogP contribution in [-0.4, -0.2) is 82.1 Å². The number of carboxylic acids is 1. The van der Waals surface area contributed by atoms with E-state index in [1.54, 1.807) is 29.8 Å². The van der Waals surface area contributed by atoms with Gasteiger partial charge in [-0.3, -0.25) is 9.59 Å². The average Bonchev–Trinajstić information content (AvgIpc) is 3.43. The first-order valence-electron chi connectivity index (χ1n) is 13.7.